The van der Waals surface area contributed by atoms with E-state index in [2.05, 4.69) is 93.8 Å². The van der Waals surface area contributed by atoms with Crippen molar-refractivity contribution in [3.05, 3.63) is 148 Å². The van der Waals surface area contributed by atoms with Gasteiger partial charge in [0.2, 0.25) is 5.88 Å². The number of halogens is 1. The molecule has 12 heteroatoms. The maximum Gasteiger partial charge on any atom is 0.245 e. The standard InChI is InChI=1S/C43H47BrN4O6Si/c1-29-11-15-32(16-12-29)43(31-9-7-6-8-10-31,33-17-21-35(50-2)22-18-33)53-26-36-38(49)39(52-25-30-13-19-34(44)20-14-30)42(54-36)48-28-47-37-40(48)45-27-46-41(37)51-23-24-55(3,4)5/h6-22,27-28,36,38-39,42,49H,23-26H2,1-5H3/t36-,38?,39-,42-,43?/m1/s1. The highest BCUT2D eigenvalue weighted by atomic mass is 79.9. The fraction of sp³-hybridized carbons (Fsp3) is 0.326. The summed E-state index contributed by atoms with van der Waals surface area (Å²) < 4.78 is 34.9. The Morgan fingerprint density at radius 3 is 2.20 bits per heavy atom. The second-order valence-electron chi connectivity index (χ2n) is 15.1. The topological polar surface area (TPSA) is 110 Å². The number of nitrogens with zero attached hydrogens (tertiary/aromatic N) is 4. The number of hydrogen-bond donors (Lipinski definition) is 1. The first kappa shape index (κ1) is 38.8. The molecule has 1 saturated heterocycles. The number of hydrogen-bond acceptors (Lipinski definition) is 9. The lowest BCUT2D eigenvalue weighted by Crippen LogP contribution is -2.40. The summed E-state index contributed by atoms with van der Waals surface area (Å²) in [6, 6.07) is 35.2. The number of aliphatic hydroxyl groups excluding tert-OH is 1. The molecule has 55 heavy (non-hydrogen) atoms. The Morgan fingerprint density at radius 1 is 0.855 bits per heavy atom. The van der Waals surface area contributed by atoms with Gasteiger partial charge in [-0.2, -0.15) is 4.98 Å². The predicted octanol–water partition coefficient (Wildman–Crippen LogP) is 8.48. The second kappa shape index (κ2) is 16.7. The molecule has 2 aromatic heterocycles. The molecular formula is C43H47BrN4O6Si. The number of benzene rings is 4. The lowest BCUT2D eigenvalue weighted by atomic mass is 9.79. The summed E-state index contributed by atoms with van der Waals surface area (Å²) in [6.07, 6.45) is -0.335. The predicted molar refractivity (Wildman–Crippen MR) is 218 cm³/mol. The molecular weight excluding hydrogens is 776 g/mol. The summed E-state index contributed by atoms with van der Waals surface area (Å²) in [7, 11) is 0.319. The Kier molecular flexibility index (Phi) is 11.8. The molecule has 1 aliphatic rings. The molecule has 0 radical (unpaired) electrons. The first-order valence-electron chi connectivity index (χ1n) is 18.5. The third-order valence-corrected chi connectivity index (χ3v) is 12.2. The highest BCUT2D eigenvalue weighted by Gasteiger charge is 2.48. The van der Waals surface area contributed by atoms with Gasteiger partial charge >= 0.3 is 0 Å². The number of methoxy groups -OCH3 is 1. The SMILES string of the molecule is COc1ccc(C(OC[C@H]2O[C@@H](n3cnc4c(OCC[Si](C)(C)C)ncnc43)[C@H](OCc3ccc(Br)cc3)C2O)(c2ccccc2)c2ccc(C)cc2)cc1. The summed E-state index contributed by atoms with van der Waals surface area (Å²) in [5.74, 6) is 1.15. The van der Waals surface area contributed by atoms with E-state index in [1.807, 2.05) is 66.7 Å². The molecule has 4 aromatic carbocycles. The number of aromatic nitrogens is 4. The number of fused-ring (bicyclic) bond motifs is 1. The van der Waals surface area contributed by atoms with Crippen LogP contribution in [0.1, 0.15) is 34.0 Å². The van der Waals surface area contributed by atoms with E-state index < -0.39 is 38.2 Å². The van der Waals surface area contributed by atoms with Crippen molar-refractivity contribution in [1.82, 2.24) is 19.5 Å². The van der Waals surface area contributed by atoms with Crippen molar-refractivity contribution >= 4 is 35.2 Å². The molecule has 5 atom stereocenters. The maximum atomic E-state index is 12.1. The van der Waals surface area contributed by atoms with Crippen LogP contribution >= 0.6 is 15.9 Å². The van der Waals surface area contributed by atoms with E-state index in [1.54, 1.807) is 18.0 Å². The van der Waals surface area contributed by atoms with E-state index in [-0.39, 0.29) is 13.2 Å². The zero-order valence-electron chi connectivity index (χ0n) is 31.8. The Labute approximate surface area is 331 Å². The summed E-state index contributed by atoms with van der Waals surface area (Å²) in [5, 5.41) is 12.1. The largest absolute Gasteiger partial charge is 0.497 e. The van der Waals surface area contributed by atoms with Crippen LogP contribution in [0.3, 0.4) is 0 Å². The normalized spacial score (nSPS) is 19.7. The van der Waals surface area contributed by atoms with E-state index in [4.69, 9.17) is 23.7 Å². The molecule has 10 nitrogen and oxygen atoms in total. The van der Waals surface area contributed by atoms with Crippen molar-refractivity contribution in [2.24, 2.45) is 0 Å². The molecule has 2 unspecified atom stereocenters. The minimum atomic E-state index is -1.33. The Hall–Kier alpha value is -4.43. The molecule has 0 bridgehead atoms. The molecule has 3 heterocycles. The molecule has 0 amide bonds. The van der Waals surface area contributed by atoms with Crippen LogP contribution in [0.15, 0.2) is 120 Å². The third-order valence-electron chi connectivity index (χ3n) is 9.96. The Morgan fingerprint density at radius 2 is 1.53 bits per heavy atom. The first-order chi connectivity index (χ1) is 26.6. The second-order valence-corrected chi connectivity index (χ2v) is 21.6. The molecule has 1 fully saturated rings. The smallest absolute Gasteiger partial charge is 0.245 e. The summed E-state index contributed by atoms with van der Waals surface area (Å²) in [4.78, 5) is 13.7. The quantitative estimate of drug-likeness (QED) is 0.0806. The van der Waals surface area contributed by atoms with Gasteiger partial charge in [-0.15, -0.1) is 0 Å². The van der Waals surface area contributed by atoms with Crippen molar-refractivity contribution < 1.29 is 28.8 Å². The van der Waals surface area contributed by atoms with Crippen molar-refractivity contribution in [3.63, 3.8) is 0 Å². The van der Waals surface area contributed by atoms with Crippen molar-refractivity contribution in [3.8, 4) is 11.6 Å². The van der Waals surface area contributed by atoms with Gasteiger partial charge in [0.25, 0.3) is 0 Å². The van der Waals surface area contributed by atoms with Crippen LogP contribution in [0.25, 0.3) is 11.2 Å². The molecule has 286 valence electrons. The molecule has 7 rings (SSSR count). The summed E-state index contributed by atoms with van der Waals surface area (Å²) in [6.45, 7) is 9.80. The summed E-state index contributed by atoms with van der Waals surface area (Å²) >= 11 is 3.51. The van der Waals surface area contributed by atoms with E-state index in [0.717, 1.165) is 44.1 Å². The molecule has 1 N–H and O–H groups in total. The number of aliphatic hydroxyl groups is 1. The van der Waals surface area contributed by atoms with Crippen LogP contribution in [-0.4, -0.2) is 71.3 Å². The highest BCUT2D eigenvalue weighted by Crippen LogP contribution is 2.43. The van der Waals surface area contributed by atoms with Crippen LogP contribution in [0, 0.1) is 6.92 Å². The van der Waals surface area contributed by atoms with Crippen molar-refractivity contribution in [1.29, 1.82) is 0 Å². The molecule has 0 spiro atoms. The van der Waals surface area contributed by atoms with E-state index >= 15 is 0 Å². The fourth-order valence-corrected chi connectivity index (χ4v) is 7.83. The zero-order valence-corrected chi connectivity index (χ0v) is 34.3. The van der Waals surface area contributed by atoms with Gasteiger partial charge in [-0.3, -0.25) is 4.57 Å². The number of rotatable bonds is 15. The van der Waals surface area contributed by atoms with Crippen LogP contribution < -0.4 is 9.47 Å². The molecule has 1 aliphatic heterocycles. The Bertz CT molecular complexity index is 2160. The third kappa shape index (κ3) is 8.54. The van der Waals surface area contributed by atoms with Gasteiger partial charge in [-0.1, -0.05) is 120 Å². The summed E-state index contributed by atoms with van der Waals surface area (Å²) in [5.41, 5.74) is 4.81. The minimum absolute atomic E-state index is 0.0251. The van der Waals surface area contributed by atoms with Gasteiger partial charge in [0, 0.05) is 12.5 Å². The van der Waals surface area contributed by atoms with Gasteiger partial charge in [0.1, 0.15) is 36.0 Å². The van der Waals surface area contributed by atoms with Crippen LogP contribution in [0.2, 0.25) is 25.7 Å². The van der Waals surface area contributed by atoms with Crippen molar-refractivity contribution in [2.75, 3.05) is 20.3 Å². The number of ether oxygens (including phenoxy) is 5. The van der Waals surface area contributed by atoms with Crippen LogP contribution in [0.4, 0.5) is 0 Å². The van der Waals surface area contributed by atoms with Gasteiger partial charge in [0.05, 0.1) is 33.3 Å². The number of aryl methyl sites for hydroxylation is 1. The molecule has 0 saturated carbocycles. The fourth-order valence-electron chi connectivity index (χ4n) is 6.85. The van der Waals surface area contributed by atoms with Crippen molar-refractivity contribution in [2.45, 2.75) is 69.4 Å². The van der Waals surface area contributed by atoms with Gasteiger partial charge in [0.15, 0.2) is 17.4 Å². The first-order valence-corrected chi connectivity index (χ1v) is 23.0. The zero-order chi connectivity index (χ0) is 38.6. The van der Waals surface area contributed by atoms with Crippen LogP contribution in [-0.2, 0) is 26.4 Å². The van der Waals surface area contributed by atoms with E-state index in [9.17, 15) is 5.11 Å². The molecule has 0 aliphatic carbocycles. The maximum absolute atomic E-state index is 12.1. The Balaban J connectivity index is 1.24. The lowest BCUT2D eigenvalue weighted by molar-refractivity contribution is -0.0968. The lowest BCUT2D eigenvalue weighted by Gasteiger charge is -2.37. The number of imidazole rings is 1. The molecule has 6 aromatic rings. The van der Waals surface area contributed by atoms with Crippen LogP contribution in [0.5, 0.6) is 11.6 Å². The highest BCUT2D eigenvalue weighted by molar-refractivity contribution is 9.10. The van der Waals surface area contributed by atoms with E-state index in [0.29, 0.717) is 23.7 Å². The monoisotopic (exact) mass is 822 g/mol. The minimum Gasteiger partial charge on any atom is -0.497 e. The average Bonchev–Trinajstić information content (AvgIpc) is 3.76. The van der Waals surface area contributed by atoms with E-state index in [1.165, 1.54) is 6.33 Å². The van der Waals surface area contributed by atoms with Gasteiger partial charge < -0.3 is 28.8 Å². The average molecular weight is 824 g/mol. The van der Waals surface area contributed by atoms with Gasteiger partial charge in [-0.05, 0) is 59.5 Å². The van der Waals surface area contributed by atoms with Gasteiger partial charge in [-0.25, -0.2) is 9.97 Å².